The van der Waals surface area contributed by atoms with E-state index in [1.165, 1.54) is 0 Å². The van der Waals surface area contributed by atoms with E-state index in [1.54, 1.807) is 4.90 Å². The molecule has 35 heavy (non-hydrogen) atoms. The monoisotopic (exact) mass is 554 g/mol. The summed E-state index contributed by atoms with van der Waals surface area (Å²) in [7, 11) is 0. The highest BCUT2D eigenvalue weighted by Gasteiger charge is 2.30. The van der Waals surface area contributed by atoms with Crippen molar-refractivity contribution in [1.29, 1.82) is 0 Å². The minimum absolute atomic E-state index is 0.0700. The molecule has 0 aliphatic rings. The van der Waals surface area contributed by atoms with E-state index in [0.717, 1.165) is 34.0 Å². The summed E-state index contributed by atoms with van der Waals surface area (Å²) in [6.45, 7) is 3.04. The summed E-state index contributed by atoms with van der Waals surface area (Å²) >= 11 is 9.80. The molecule has 3 rings (SSSR count). The highest BCUT2D eigenvalue weighted by atomic mass is 79.9. The van der Waals surface area contributed by atoms with Crippen LogP contribution in [0.3, 0.4) is 0 Å². The first-order chi connectivity index (χ1) is 17.0. The molecule has 0 spiro atoms. The number of aryl methyl sites for hydroxylation is 1. The SMILES string of the molecule is CCCCNC(=O)C(Cc1ccccc1)N(Cc1ccc(Br)cc1)C(=O)CCc1ccccc1Cl. The molecule has 0 radical (unpaired) electrons. The molecule has 0 heterocycles. The second-order valence-corrected chi connectivity index (χ2v) is 9.91. The largest absolute Gasteiger partial charge is 0.354 e. The zero-order chi connectivity index (χ0) is 25.0. The summed E-state index contributed by atoms with van der Waals surface area (Å²) < 4.78 is 0.969. The number of amides is 2. The van der Waals surface area contributed by atoms with Crippen molar-refractivity contribution in [2.24, 2.45) is 0 Å². The Morgan fingerprint density at radius 3 is 2.31 bits per heavy atom. The van der Waals surface area contributed by atoms with Gasteiger partial charge in [0.05, 0.1) is 0 Å². The van der Waals surface area contributed by atoms with Crippen LogP contribution in [0.2, 0.25) is 5.02 Å². The number of halogens is 2. The van der Waals surface area contributed by atoms with Gasteiger partial charge >= 0.3 is 0 Å². The van der Waals surface area contributed by atoms with Gasteiger partial charge < -0.3 is 10.2 Å². The third kappa shape index (κ3) is 8.52. The van der Waals surface area contributed by atoms with Crippen molar-refractivity contribution in [2.45, 2.75) is 51.6 Å². The van der Waals surface area contributed by atoms with Gasteiger partial charge in [0.15, 0.2) is 0 Å². The smallest absolute Gasteiger partial charge is 0.243 e. The van der Waals surface area contributed by atoms with E-state index in [-0.39, 0.29) is 18.2 Å². The highest BCUT2D eigenvalue weighted by molar-refractivity contribution is 9.10. The van der Waals surface area contributed by atoms with E-state index >= 15 is 0 Å². The van der Waals surface area contributed by atoms with Gasteiger partial charge in [-0.05, 0) is 47.7 Å². The highest BCUT2D eigenvalue weighted by Crippen LogP contribution is 2.21. The van der Waals surface area contributed by atoms with E-state index in [4.69, 9.17) is 11.6 Å². The number of benzene rings is 3. The Kier molecular flexibility index (Phi) is 10.8. The lowest BCUT2D eigenvalue weighted by Gasteiger charge is -2.32. The Morgan fingerprint density at radius 2 is 1.63 bits per heavy atom. The van der Waals surface area contributed by atoms with Crippen LogP contribution in [0.25, 0.3) is 0 Å². The molecule has 0 aliphatic carbocycles. The molecule has 0 bridgehead atoms. The van der Waals surface area contributed by atoms with E-state index < -0.39 is 6.04 Å². The molecule has 1 N–H and O–H groups in total. The van der Waals surface area contributed by atoms with Crippen molar-refractivity contribution >= 4 is 39.3 Å². The second-order valence-electron chi connectivity index (χ2n) is 8.59. The molecule has 0 fully saturated rings. The summed E-state index contributed by atoms with van der Waals surface area (Å²) in [5, 5.41) is 3.71. The number of rotatable bonds is 12. The van der Waals surface area contributed by atoms with E-state index in [0.29, 0.717) is 31.0 Å². The number of nitrogens with one attached hydrogen (secondary N) is 1. The summed E-state index contributed by atoms with van der Waals surface area (Å²) in [6, 6.07) is 24.7. The molecule has 1 atom stereocenters. The molecule has 0 aromatic heterocycles. The number of hydrogen-bond acceptors (Lipinski definition) is 2. The Morgan fingerprint density at radius 1 is 0.943 bits per heavy atom. The Balaban J connectivity index is 1.88. The predicted molar refractivity (Wildman–Crippen MR) is 146 cm³/mol. The van der Waals surface area contributed by atoms with Crippen molar-refractivity contribution < 1.29 is 9.59 Å². The van der Waals surface area contributed by atoms with Gasteiger partial charge in [-0.25, -0.2) is 0 Å². The maximum Gasteiger partial charge on any atom is 0.243 e. The van der Waals surface area contributed by atoms with Crippen molar-refractivity contribution in [3.63, 3.8) is 0 Å². The fourth-order valence-corrected chi connectivity index (χ4v) is 4.43. The average molecular weight is 556 g/mol. The predicted octanol–water partition coefficient (Wildman–Crippen LogP) is 6.59. The maximum absolute atomic E-state index is 13.7. The van der Waals surface area contributed by atoms with E-state index in [9.17, 15) is 9.59 Å². The van der Waals surface area contributed by atoms with Gasteiger partial charge in [0, 0.05) is 35.4 Å². The first kappa shape index (κ1) is 27.0. The minimum Gasteiger partial charge on any atom is -0.354 e. The lowest BCUT2D eigenvalue weighted by molar-refractivity contribution is -0.141. The number of carbonyl (C=O) groups is 2. The number of unbranched alkanes of at least 4 members (excludes halogenated alkanes) is 1. The fraction of sp³-hybridized carbons (Fsp3) is 0.310. The molecular formula is C29H32BrClN2O2. The van der Waals surface area contributed by atoms with Gasteiger partial charge in [-0.2, -0.15) is 0 Å². The molecule has 3 aromatic carbocycles. The van der Waals surface area contributed by atoms with Gasteiger partial charge in [-0.15, -0.1) is 0 Å². The standard InChI is InChI=1S/C29H32BrClN2O2/c1-2-3-19-32-29(35)27(20-22-9-5-4-6-10-22)33(21-23-13-16-25(30)17-14-23)28(34)18-15-24-11-7-8-12-26(24)31/h4-14,16-17,27H,2-3,15,18-21H2,1H3,(H,32,35). The molecule has 0 aliphatic heterocycles. The summed E-state index contributed by atoms with van der Waals surface area (Å²) in [5.74, 6) is -0.190. The third-order valence-electron chi connectivity index (χ3n) is 5.93. The summed E-state index contributed by atoms with van der Waals surface area (Å²) in [4.78, 5) is 28.8. The third-order valence-corrected chi connectivity index (χ3v) is 6.83. The van der Waals surface area contributed by atoms with Crippen molar-refractivity contribution in [2.75, 3.05) is 6.54 Å². The molecule has 0 saturated heterocycles. The second kappa shape index (κ2) is 14.1. The molecular weight excluding hydrogens is 524 g/mol. The molecule has 2 amide bonds. The Hall–Kier alpha value is -2.63. The average Bonchev–Trinajstić information content (AvgIpc) is 2.87. The minimum atomic E-state index is -0.614. The number of carbonyl (C=O) groups excluding carboxylic acids is 2. The van der Waals surface area contributed by atoms with Gasteiger partial charge in [0.1, 0.15) is 6.04 Å². The Labute approximate surface area is 221 Å². The molecule has 0 saturated carbocycles. The number of hydrogen-bond donors (Lipinski definition) is 1. The van der Waals surface area contributed by atoms with Crippen LogP contribution in [0, 0.1) is 0 Å². The van der Waals surface area contributed by atoms with Gasteiger partial charge in [0.25, 0.3) is 0 Å². The normalized spacial score (nSPS) is 11.6. The van der Waals surface area contributed by atoms with Crippen molar-refractivity contribution in [3.8, 4) is 0 Å². The van der Waals surface area contributed by atoms with Crippen molar-refractivity contribution in [1.82, 2.24) is 10.2 Å². The van der Waals surface area contributed by atoms with E-state index in [1.807, 2.05) is 78.9 Å². The van der Waals surface area contributed by atoms with Gasteiger partial charge in [0.2, 0.25) is 11.8 Å². The Bertz CT molecular complexity index is 1090. The lowest BCUT2D eigenvalue weighted by Crippen LogP contribution is -2.50. The molecule has 1 unspecified atom stereocenters. The summed E-state index contributed by atoms with van der Waals surface area (Å²) in [6.07, 6.45) is 3.13. The van der Waals surface area contributed by atoms with Crippen LogP contribution in [0.4, 0.5) is 0 Å². The van der Waals surface area contributed by atoms with Crippen LogP contribution in [0.1, 0.15) is 42.9 Å². The fourth-order valence-electron chi connectivity index (χ4n) is 3.93. The topological polar surface area (TPSA) is 49.4 Å². The zero-order valence-corrected chi connectivity index (χ0v) is 22.4. The number of nitrogens with zero attached hydrogens (tertiary/aromatic N) is 1. The van der Waals surface area contributed by atoms with Crippen LogP contribution >= 0.6 is 27.5 Å². The van der Waals surface area contributed by atoms with Crippen LogP contribution in [0.15, 0.2) is 83.3 Å². The first-order valence-corrected chi connectivity index (χ1v) is 13.2. The molecule has 6 heteroatoms. The first-order valence-electron chi connectivity index (χ1n) is 12.1. The van der Waals surface area contributed by atoms with Crippen LogP contribution in [-0.2, 0) is 29.0 Å². The van der Waals surface area contributed by atoms with Crippen molar-refractivity contribution in [3.05, 3.63) is 105 Å². The van der Waals surface area contributed by atoms with Crippen LogP contribution < -0.4 is 5.32 Å². The quantitative estimate of drug-likeness (QED) is 0.256. The molecule has 3 aromatic rings. The summed E-state index contributed by atoms with van der Waals surface area (Å²) in [5.41, 5.74) is 2.92. The maximum atomic E-state index is 13.7. The van der Waals surface area contributed by atoms with Crippen LogP contribution in [-0.4, -0.2) is 29.3 Å². The lowest BCUT2D eigenvalue weighted by atomic mass is 10.0. The van der Waals surface area contributed by atoms with Gasteiger partial charge in [-0.3, -0.25) is 9.59 Å². The van der Waals surface area contributed by atoms with E-state index in [2.05, 4.69) is 28.2 Å². The molecule has 184 valence electrons. The molecule has 4 nitrogen and oxygen atoms in total. The zero-order valence-electron chi connectivity index (χ0n) is 20.1. The van der Waals surface area contributed by atoms with Gasteiger partial charge in [-0.1, -0.05) is 102 Å². The van der Waals surface area contributed by atoms with Crippen LogP contribution in [0.5, 0.6) is 0 Å².